The van der Waals surface area contributed by atoms with Crippen LogP contribution in [0.1, 0.15) is 6.42 Å². The van der Waals surface area contributed by atoms with Gasteiger partial charge in [-0.3, -0.25) is 9.69 Å². The molecule has 0 spiro atoms. The molecule has 1 aliphatic heterocycles. The molecule has 1 saturated heterocycles. The molecule has 0 bridgehead atoms. The van der Waals surface area contributed by atoms with Crippen molar-refractivity contribution in [2.24, 2.45) is 0 Å². The Balaban J connectivity index is 1.62. The van der Waals surface area contributed by atoms with E-state index in [1.54, 1.807) is 18.8 Å². The smallest absolute Gasteiger partial charge is 0.238 e. The predicted octanol–water partition coefficient (Wildman–Crippen LogP) is 2.90. The average molecular weight is 391 g/mol. The van der Waals surface area contributed by atoms with E-state index < -0.39 is 9.84 Å². The van der Waals surface area contributed by atoms with Crippen molar-refractivity contribution in [1.29, 1.82) is 0 Å². The third-order valence-corrected chi connectivity index (χ3v) is 7.19. The van der Waals surface area contributed by atoms with E-state index in [4.69, 9.17) is 0 Å². The minimum Gasteiger partial charge on any atom is -0.324 e. The minimum atomic E-state index is -2.95. The van der Waals surface area contributed by atoms with E-state index in [1.165, 1.54) is 0 Å². The van der Waals surface area contributed by atoms with Gasteiger partial charge in [0, 0.05) is 15.8 Å². The summed E-state index contributed by atoms with van der Waals surface area (Å²) in [6.07, 6.45) is 0.590. The normalized spacial score (nSPS) is 18.8. The second-order valence-corrected chi connectivity index (χ2v) is 9.78. The fourth-order valence-electron chi connectivity index (χ4n) is 2.94. The van der Waals surface area contributed by atoms with Crippen LogP contribution in [0.25, 0.3) is 0 Å². The molecule has 1 aliphatic rings. The lowest BCUT2D eigenvalue weighted by atomic mass is 10.2. The Kier molecular flexibility index (Phi) is 6.01. The maximum Gasteiger partial charge on any atom is 0.238 e. The summed E-state index contributed by atoms with van der Waals surface area (Å²) < 4.78 is 23.2. The largest absolute Gasteiger partial charge is 0.324 e. The number of rotatable bonds is 6. The van der Waals surface area contributed by atoms with E-state index in [0.717, 1.165) is 15.5 Å². The maximum atomic E-state index is 12.4. The van der Waals surface area contributed by atoms with Gasteiger partial charge in [0.05, 0.1) is 23.7 Å². The molecule has 138 valence electrons. The Morgan fingerprint density at radius 2 is 1.85 bits per heavy atom. The van der Waals surface area contributed by atoms with Crippen molar-refractivity contribution >= 4 is 33.2 Å². The molecule has 2 aromatic rings. The summed E-state index contributed by atoms with van der Waals surface area (Å²) in [6.45, 7) is 0.171. The highest BCUT2D eigenvalue weighted by Gasteiger charge is 2.31. The Morgan fingerprint density at radius 1 is 1.15 bits per heavy atom. The number of nitrogens with one attached hydrogen (secondary N) is 1. The first-order valence-electron chi connectivity index (χ1n) is 8.45. The molecule has 1 fully saturated rings. The lowest BCUT2D eigenvalue weighted by Gasteiger charge is -2.22. The van der Waals surface area contributed by atoms with Gasteiger partial charge in [-0.1, -0.05) is 42.1 Å². The molecule has 3 rings (SSSR count). The molecule has 0 saturated carbocycles. The van der Waals surface area contributed by atoms with Crippen molar-refractivity contribution in [3.8, 4) is 0 Å². The van der Waals surface area contributed by atoms with Gasteiger partial charge >= 0.3 is 0 Å². The molecule has 26 heavy (non-hydrogen) atoms. The van der Waals surface area contributed by atoms with Gasteiger partial charge in [-0.25, -0.2) is 8.42 Å². The lowest BCUT2D eigenvalue weighted by Crippen LogP contribution is -2.38. The Labute approximate surface area is 158 Å². The van der Waals surface area contributed by atoms with Gasteiger partial charge in [0.25, 0.3) is 0 Å². The van der Waals surface area contributed by atoms with Gasteiger partial charge in [-0.15, -0.1) is 0 Å². The molecule has 1 heterocycles. The van der Waals surface area contributed by atoms with Crippen LogP contribution < -0.4 is 5.32 Å². The molecular formula is C19H22N2O3S2. The molecule has 1 N–H and O–H groups in total. The molecule has 0 unspecified atom stereocenters. The number of hydrogen-bond acceptors (Lipinski definition) is 5. The molecule has 1 atom stereocenters. The molecule has 0 aliphatic carbocycles. The van der Waals surface area contributed by atoms with Gasteiger partial charge < -0.3 is 5.32 Å². The maximum absolute atomic E-state index is 12.4. The third-order valence-electron chi connectivity index (χ3n) is 4.36. The summed E-state index contributed by atoms with van der Waals surface area (Å²) in [7, 11) is -1.15. The summed E-state index contributed by atoms with van der Waals surface area (Å²) in [5, 5.41) is 2.95. The molecule has 5 nitrogen and oxygen atoms in total. The van der Waals surface area contributed by atoms with Crippen molar-refractivity contribution < 1.29 is 13.2 Å². The summed E-state index contributed by atoms with van der Waals surface area (Å²) in [6, 6.07) is 17.6. The number of nitrogens with zero attached hydrogens (tertiary/aromatic N) is 1. The van der Waals surface area contributed by atoms with E-state index in [1.807, 2.05) is 59.5 Å². The summed E-state index contributed by atoms with van der Waals surface area (Å²) >= 11 is 1.59. The number of likely N-dealkylation sites (N-methyl/N-ethyl adjacent to an activating group) is 1. The highest BCUT2D eigenvalue weighted by atomic mass is 32.2. The highest BCUT2D eigenvalue weighted by molar-refractivity contribution is 7.99. The van der Waals surface area contributed by atoms with E-state index in [-0.39, 0.29) is 30.0 Å². The van der Waals surface area contributed by atoms with Gasteiger partial charge in [0.15, 0.2) is 9.84 Å². The quantitative estimate of drug-likeness (QED) is 0.822. The first-order valence-corrected chi connectivity index (χ1v) is 11.1. The first-order chi connectivity index (χ1) is 12.4. The topological polar surface area (TPSA) is 66.5 Å². The van der Waals surface area contributed by atoms with Crippen molar-refractivity contribution in [2.75, 3.05) is 30.4 Å². The molecule has 0 aromatic heterocycles. The minimum absolute atomic E-state index is 0.0836. The van der Waals surface area contributed by atoms with Crippen LogP contribution in [0.2, 0.25) is 0 Å². The van der Waals surface area contributed by atoms with Crippen LogP contribution in [0.4, 0.5) is 5.69 Å². The number of amides is 1. The molecule has 1 amide bonds. The summed E-state index contributed by atoms with van der Waals surface area (Å²) in [5.41, 5.74) is 0.763. The SMILES string of the molecule is CN(CC(=O)Nc1ccccc1Sc1ccccc1)[C@@H]1CCS(=O)(=O)C1. The number of anilines is 1. The molecule has 2 aromatic carbocycles. The van der Waals surface area contributed by atoms with Gasteiger partial charge in [0.1, 0.15) is 0 Å². The number of carbonyl (C=O) groups is 1. The van der Waals surface area contributed by atoms with Crippen LogP contribution in [0.15, 0.2) is 64.4 Å². The van der Waals surface area contributed by atoms with Crippen molar-refractivity contribution in [3.63, 3.8) is 0 Å². The molecular weight excluding hydrogens is 368 g/mol. The Bertz CT molecular complexity index is 869. The van der Waals surface area contributed by atoms with E-state index >= 15 is 0 Å². The monoisotopic (exact) mass is 390 g/mol. The zero-order valence-electron chi connectivity index (χ0n) is 14.6. The van der Waals surface area contributed by atoms with Crippen LogP contribution in [-0.2, 0) is 14.6 Å². The van der Waals surface area contributed by atoms with E-state index in [9.17, 15) is 13.2 Å². The zero-order valence-corrected chi connectivity index (χ0v) is 16.2. The first kappa shape index (κ1) is 18.9. The number of carbonyl (C=O) groups excluding carboxylic acids is 1. The summed E-state index contributed by atoms with van der Waals surface area (Å²) in [4.78, 5) is 16.3. The van der Waals surface area contributed by atoms with Crippen molar-refractivity contribution in [1.82, 2.24) is 4.90 Å². The number of para-hydroxylation sites is 1. The second-order valence-electron chi connectivity index (χ2n) is 6.43. The molecule has 0 radical (unpaired) electrons. The average Bonchev–Trinajstić information content (AvgIpc) is 2.98. The van der Waals surface area contributed by atoms with Gasteiger partial charge in [-0.2, -0.15) is 0 Å². The fraction of sp³-hybridized carbons (Fsp3) is 0.316. The molecule has 7 heteroatoms. The number of hydrogen-bond donors (Lipinski definition) is 1. The third kappa shape index (κ3) is 5.09. The van der Waals surface area contributed by atoms with Crippen molar-refractivity contribution in [3.05, 3.63) is 54.6 Å². The number of sulfone groups is 1. The second kappa shape index (κ2) is 8.24. The number of benzene rings is 2. The van der Waals surface area contributed by atoms with Crippen LogP contribution in [0.5, 0.6) is 0 Å². The van der Waals surface area contributed by atoms with Gasteiger partial charge in [0.2, 0.25) is 5.91 Å². The zero-order chi connectivity index (χ0) is 18.6. The van der Waals surface area contributed by atoms with Gasteiger partial charge in [-0.05, 0) is 37.7 Å². The lowest BCUT2D eigenvalue weighted by molar-refractivity contribution is -0.117. The Morgan fingerprint density at radius 3 is 2.54 bits per heavy atom. The highest BCUT2D eigenvalue weighted by Crippen LogP contribution is 2.33. The predicted molar refractivity (Wildman–Crippen MR) is 105 cm³/mol. The van der Waals surface area contributed by atoms with Crippen LogP contribution in [0, 0.1) is 0 Å². The fourth-order valence-corrected chi connectivity index (χ4v) is 5.67. The van der Waals surface area contributed by atoms with Crippen LogP contribution in [0.3, 0.4) is 0 Å². The Hall–Kier alpha value is -1.83. The van der Waals surface area contributed by atoms with Crippen LogP contribution in [-0.4, -0.2) is 50.4 Å². The standard InChI is InChI=1S/C19H22N2O3S2/c1-21(15-11-12-26(23,24)14-15)13-19(22)20-17-9-5-6-10-18(17)25-16-7-3-2-4-8-16/h2-10,15H,11-14H2,1H3,(H,20,22)/t15-/m1/s1. The van der Waals surface area contributed by atoms with E-state index in [2.05, 4.69) is 5.32 Å². The van der Waals surface area contributed by atoms with Crippen LogP contribution >= 0.6 is 11.8 Å². The van der Waals surface area contributed by atoms with E-state index in [0.29, 0.717) is 6.42 Å². The summed E-state index contributed by atoms with van der Waals surface area (Å²) in [5.74, 6) is 0.204. The van der Waals surface area contributed by atoms with Crippen molar-refractivity contribution in [2.45, 2.75) is 22.3 Å².